The smallest absolute Gasteiger partial charge is 0.214 e. The molecular formula is C12H10N2Se2Ti. The summed E-state index contributed by atoms with van der Waals surface area (Å²) in [6, 6.07) is 20.0. The molecule has 0 unspecified atom stereocenters. The van der Waals surface area contributed by atoms with Gasteiger partial charge in [-0.1, -0.05) is 0 Å². The summed E-state index contributed by atoms with van der Waals surface area (Å²) < 4.78 is 0. The second-order valence-corrected chi connectivity index (χ2v) is 2.87. The summed E-state index contributed by atoms with van der Waals surface area (Å²) in [5, 5.41) is 14.5. The predicted octanol–water partition coefficient (Wildman–Crippen LogP) is 2.08. The minimum atomic E-state index is 0. The van der Waals surface area contributed by atoms with Crippen LogP contribution in [0.1, 0.15) is 0 Å². The molecule has 2 nitrogen and oxygen atoms in total. The maximum atomic E-state index is 7.26. The normalized spacial score (nSPS) is 5.53. The van der Waals surface area contributed by atoms with Crippen LogP contribution in [0.4, 0.5) is 0 Å². The van der Waals surface area contributed by atoms with E-state index in [1.165, 1.54) is 0 Å². The van der Waals surface area contributed by atoms with E-state index >= 15 is 0 Å². The van der Waals surface area contributed by atoms with Crippen molar-refractivity contribution in [1.82, 2.24) is 0 Å². The Balaban J connectivity index is -0.000000157. The molecule has 0 aromatic heterocycles. The van der Waals surface area contributed by atoms with E-state index in [1.807, 2.05) is 60.7 Å². The average molecular weight is 388 g/mol. The van der Waals surface area contributed by atoms with Crippen LogP contribution in [0.5, 0.6) is 0 Å². The first-order valence-corrected chi connectivity index (χ1v) is 5.90. The van der Waals surface area contributed by atoms with Crippen LogP contribution in [-0.4, -0.2) is 32.0 Å². The largest absolute Gasteiger partial charge is 2.00 e. The van der Waals surface area contributed by atoms with Crippen LogP contribution in [0, 0.1) is 20.5 Å². The second-order valence-electron chi connectivity index (χ2n) is 2.11. The van der Waals surface area contributed by atoms with E-state index in [2.05, 4.69) is 32.0 Å². The number of hydrogen-bond donors (Lipinski definition) is 0. The molecular weight excluding hydrogens is 378 g/mol. The molecule has 2 aromatic carbocycles. The van der Waals surface area contributed by atoms with Gasteiger partial charge >= 0.3 is 74.2 Å². The van der Waals surface area contributed by atoms with Gasteiger partial charge in [0.05, 0.1) is 0 Å². The first-order chi connectivity index (χ1) is 7.83. The fourth-order valence-corrected chi connectivity index (χ4v) is 0.642. The van der Waals surface area contributed by atoms with Crippen LogP contribution in [-0.2, 0) is 21.7 Å². The third-order valence-corrected chi connectivity index (χ3v) is 1.11. The van der Waals surface area contributed by atoms with Gasteiger partial charge in [0.1, 0.15) is 0 Å². The molecule has 0 heterocycles. The van der Waals surface area contributed by atoms with Crippen LogP contribution in [0.15, 0.2) is 60.7 Å². The van der Waals surface area contributed by atoms with Crippen molar-refractivity contribution < 1.29 is 21.7 Å². The van der Waals surface area contributed by atoms with Crippen molar-refractivity contribution in [3.8, 4) is 9.94 Å². The Morgan fingerprint density at radius 3 is 0.941 bits per heavy atom. The molecule has 0 aliphatic heterocycles. The minimum Gasteiger partial charge on any atom is -0.214 e. The number of hydrogen-bond acceptors (Lipinski definition) is 2. The van der Waals surface area contributed by atoms with Gasteiger partial charge in [-0.2, -0.15) is 36.4 Å². The molecule has 17 heavy (non-hydrogen) atoms. The summed E-state index contributed by atoms with van der Waals surface area (Å²) in [6.45, 7) is 0. The van der Waals surface area contributed by atoms with Gasteiger partial charge < -0.3 is 0 Å². The molecule has 84 valence electrons. The Morgan fingerprint density at radius 2 is 0.882 bits per heavy atom. The first-order valence-electron chi connectivity index (χ1n) is 4.19. The molecule has 0 aliphatic rings. The van der Waals surface area contributed by atoms with Gasteiger partial charge in [0.25, 0.3) is 0 Å². The monoisotopic (exact) mass is 390 g/mol. The van der Waals surface area contributed by atoms with Gasteiger partial charge in [0.2, 0.25) is 0 Å². The molecule has 0 saturated carbocycles. The maximum Gasteiger partial charge on any atom is 2.00 e. The Hall–Kier alpha value is -0.567. The van der Waals surface area contributed by atoms with Gasteiger partial charge in [0.15, 0.2) is 0 Å². The summed E-state index contributed by atoms with van der Waals surface area (Å²) in [7, 11) is 0. The molecule has 2 radical (unpaired) electrons. The van der Waals surface area contributed by atoms with Crippen LogP contribution in [0.25, 0.3) is 0 Å². The van der Waals surface area contributed by atoms with Gasteiger partial charge in [-0.15, -0.1) is 0 Å². The van der Waals surface area contributed by atoms with Crippen molar-refractivity contribution in [1.29, 1.82) is 10.5 Å². The van der Waals surface area contributed by atoms with E-state index in [0.29, 0.717) is 0 Å². The fourth-order valence-electron chi connectivity index (χ4n) is 0.642. The van der Waals surface area contributed by atoms with Crippen molar-refractivity contribution in [2.75, 3.05) is 0 Å². The first kappa shape index (κ1) is 21.7. The molecule has 0 fully saturated rings. The minimum absolute atomic E-state index is 0. The third-order valence-electron chi connectivity index (χ3n) is 1.11. The molecule has 0 bridgehead atoms. The van der Waals surface area contributed by atoms with Crippen LogP contribution < -0.4 is 0 Å². The zero-order valence-electron chi connectivity index (χ0n) is 8.98. The summed E-state index contributed by atoms with van der Waals surface area (Å²) in [5.74, 6) is 0. The number of nitriles is 2. The number of rotatable bonds is 0. The standard InChI is InChI=1S/2C5H5.2CNSe.Ti/c2*1-2-4-5-3-1;2*2-1-3;/h2*1-5H;;;/q2*-1;;;+2. The number of nitrogens with zero attached hydrogens (tertiary/aromatic N) is 2. The Labute approximate surface area is 134 Å². The van der Waals surface area contributed by atoms with Crippen molar-refractivity contribution >= 4 is 32.0 Å². The third kappa shape index (κ3) is 31.3. The SMILES string of the molecule is N#C[Se].N#C[Se].[Ti+2].c1cc[cH-]c1.c1cc[cH-]c1. The van der Waals surface area contributed by atoms with Crippen LogP contribution >= 0.6 is 0 Å². The average Bonchev–Trinajstić information content (AvgIpc) is 3.00. The Morgan fingerprint density at radius 1 is 0.706 bits per heavy atom. The molecule has 5 heteroatoms. The zero-order chi connectivity index (χ0) is 12.5. The summed E-state index contributed by atoms with van der Waals surface area (Å²) in [5.41, 5.74) is 0. The summed E-state index contributed by atoms with van der Waals surface area (Å²) in [4.78, 5) is 3.25. The van der Waals surface area contributed by atoms with Crippen LogP contribution in [0.2, 0.25) is 0 Å². The van der Waals surface area contributed by atoms with Crippen molar-refractivity contribution in [3.05, 3.63) is 60.7 Å². The van der Waals surface area contributed by atoms with Gasteiger partial charge in [0, 0.05) is 0 Å². The van der Waals surface area contributed by atoms with Gasteiger partial charge in [-0.05, 0) is 0 Å². The van der Waals surface area contributed by atoms with E-state index in [0.717, 1.165) is 0 Å². The molecule has 0 amide bonds. The van der Waals surface area contributed by atoms with Crippen LogP contribution in [0.3, 0.4) is 0 Å². The Bertz CT molecular complexity index is 285. The van der Waals surface area contributed by atoms with E-state index in [4.69, 9.17) is 10.5 Å². The van der Waals surface area contributed by atoms with E-state index < -0.39 is 0 Å². The van der Waals surface area contributed by atoms with Gasteiger partial charge in [-0.25, -0.2) is 24.3 Å². The van der Waals surface area contributed by atoms with Crippen molar-refractivity contribution in [2.45, 2.75) is 0 Å². The van der Waals surface area contributed by atoms with Gasteiger partial charge in [-0.3, -0.25) is 0 Å². The quantitative estimate of drug-likeness (QED) is 0.513. The fraction of sp³-hybridized carbons (Fsp3) is 0. The molecule has 0 N–H and O–H groups in total. The molecule has 0 saturated heterocycles. The summed E-state index contributed by atoms with van der Waals surface area (Å²) in [6.07, 6.45) is 0. The van der Waals surface area contributed by atoms with Crippen molar-refractivity contribution in [2.24, 2.45) is 0 Å². The van der Waals surface area contributed by atoms with Crippen molar-refractivity contribution in [3.63, 3.8) is 0 Å². The molecule has 0 spiro atoms. The summed E-state index contributed by atoms with van der Waals surface area (Å²) >= 11 is 4.22. The second kappa shape index (κ2) is 24.6. The van der Waals surface area contributed by atoms with E-state index in [1.54, 1.807) is 9.94 Å². The topological polar surface area (TPSA) is 47.6 Å². The van der Waals surface area contributed by atoms with E-state index in [-0.39, 0.29) is 21.7 Å². The maximum absolute atomic E-state index is 7.26. The zero-order valence-corrected chi connectivity index (χ0v) is 14.0. The predicted molar refractivity (Wildman–Crippen MR) is 66.8 cm³/mol. The molecule has 0 atom stereocenters. The molecule has 0 aliphatic carbocycles. The Kier molecular flexibility index (Phi) is 31.4. The van der Waals surface area contributed by atoms with E-state index in [9.17, 15) is 0 Å². The molecule has 2 rings (SSSR count). The molecule has 2 aromatic rings.